The van der Waals surface area contributed by atoms with Crippen LogP contribution >= 0.6 is 0 Å². The van der Waals surface area contributed by atoms with Crippen LogP contribution in [0, 0.1) is 0 Å². The van der Waals surface area contributed by atoms with E-state index in [1.54, 1.807) is 7.05 Å². The predicted molar refractivity (Wildman–Crippen MR) is 92.3 cm³/mol. The summed E-state index contributed by atoms with van der Waals surface area (Å²) in [6.45, 7) is 14.4. The van der Waals surface area contributed by atoms with Crippen LogP contribution < -0.4 is 16.0 Å². The van der Waals surface area contributed by atoms with Crippen molar-refractivity contribution in [1.29, 1.82) is 0 Å². The van der Waals surface area contributed by atoms with E-state index in [9.17, 15) is 4.79 Å². The van der Waals surface area contributed by atoms with E-state index in [2.05, 4.69) is 48.6 Å². The van der Waals surface area contributed by atoms with Gasteiger partial charge in [-0.15, -0.1) is 0 Å². The normalized spacial score (nSPS) is 13.0. The van der Waals surface area contributed by atoms with Crippen molar-refractivity contribution in [3.63, 3.8) is 0 Å². The van der Waals surface area contributed by atoms with E-state index < -0.39 is 5.60 Å². The lowest BCUT2D eigenvalue weighted by Crippen LogP contribution is -2.57. The van der Waals surface area contributed by atoms with Crippen LogP contribution in [0.25, 0.3) is 0 Å². The first kappa shape index (κ1) is 20.5. The molecular formula is C16H34N4O2. The van der Waals surface area contributed by atoms with Crippen LogP contribution in [-0.2, 0) is 4.74 Å². The van der Waals surface area contributed by atoms with Crippen LogP contribution in [0.2, 0.25) is 0 Å². The minimum absolute atomic E-state index is 0.294. The average molecular weight is 314 g/mol. The highest BCUT2D eigenvalue weighted by Crippen LogP contribution is 2.16. The minimum atomic E-state index is -0.500. The second-order valence-electron chi connectivity index (χ2n) is 6.84. The fourth-order valence-electron chi connectivity index (χ4n) is 1.96. The van der Waals surface area contributed by atoms with Crippen LogP contribution in [0.4, 0.5) is 4.79 Å². The zero-order valence-corrected chi connectivity index (χ0v) is 15.5. The Morgan fingerprint density at radius 2 is 1.73 bits per heavy atom. The molecule has 0 aromatic carbocycles. The molecule has 0 heterocycles. The van der Waals surface area contributed by atoms with Gasteiger partial charge in [-0.05, 0) is 47.5 Å². The fraction of sp³-hybridized carbons (Fsp3) is 0.875. The van der Waals surface area contributed by atoms with Crippen molar-refractivity contribution in [3.8, 4) is 0 Å². The van der Waals surface area contributed by atoms with Crippen LogP contribution in [0.1, 0.15) is 61.3 Å². The van der Waals surface area contributed by atoms with Crippen LogP contribution in [0.5, 0.6) is 0 Å². The lowest BCUT2D eigenvalue weighted by atomic mass is 9.93. The predicted octanol–water partition coefficient (Wildman–Crippen LogP) is 2.64. The van der Waals surface area contributed by atoms with Crippen molar-refractivity contribution in [1.82, 2.24) is 16.0 Å². The molecule has 0 aromatic rings. The summed E-state index contributed by atoms with van der Waals surface area (Å²) in [6, 6.07) is 0.294. The van der Waals surface area contributed by atoms with E-state index in [0.29, 0.717) is 12.6 Å². The number of hydrogen-bond donors (Lipinski definition) is 3. The Bertz CT molecular complexity index is 369. The molecule has 0 fully saturated rings. The molecule has 1 amide bonds. The molecule has 0 radical (unpaired) electrons. The van der Waals surface area contributed by atoms with Gasteiger partial charge in [0.25, 0.3) is 0 Å². The number of rotatable bonds is 6. The first-order valence-electron chi connectivity index (χ1n) is 8.05. The highest BCUT2D eigenvalue weighted by atomic mass is 16.6. The number of carbonyl (C=O) groups is 1. The van der Waals surface area contributed by atoms with Crippen molar-refractivity contribution < 1.29 is 9.53 Å². The molecule has 0 aliphatic rings. The zero-order valence-electron chi connectivity index (χ0n) is 15.5. The summed E-state index contributed by atoms with van der Waals surface area (Å²) in [5, 5.41) is 9.53. The van der Waals surface area contributed by atoms with Gasteiger partial charge in [0.2, 0.25) is 0 Å². The number of hydrogen-bond acceptors (Lipinski definition) is 3. The molecule has 0 aliphatic carbocycles. The Labute approximate surface area is 135 Å². The largest absolute Gasteiger partial charge is 0.444 e. The summed E-state index contributed by atoms with van der Waals surface area (Å²) < 4.78 is 5.37. The lowest BCUT2D eigenvalue weighted by molar-refractivity contribution is 0.0448. The second-order valence-corrected chi connectivity index (χ2v) is 6.84. The van der Waals surface area contributed by atoms with Crippen LogP contribution in [-0.4, -0.2) is 42.8 Å². The molecule has 6 nitrogen and oxygen atoms in total. The van der Waals surface area contributed by atoms with Gasteiger partial charge in [-0.25, -0.2) is 4.79 Å². The van der Waals surface area contributed by atoms with Gasteiger partial charge in [-0.3, -0.25) is 4.99 Å². The molecule has 0 aromatic heterocycles. The third kappa shape index (κ3) is 8.10. The molecule has 0 atom stereocenters. The molecule has 3 N–H and O–H groups in total. The summed E-state index contributed by atoms with van der Waals surface area (Å²) >= 11 is 0. The smallest absolute Gasteiger partial charge is 0.408 e. The van der Waals surface area contributed by atoms with Gasteiger partial charge < -0.3 is 20.7 Å². The Kier molecular flexibility index (Phi) is 8.27. The minimum Gasteiger partial charge on any atom is -0.444 e. The summed E-state index contributed by atoms with van der Waals surface area (Å²) in [4.78, 5) is 16.3. The Balaban J connectivity index is 4.78. The first-order chi connectivity index (χ1) is 10.1. The number of ether oxygens (including phenoxy) is 1. The molecular weight excluding hydrogens is 280 g/mol. The van der Waals surface area contributed by atoms with Gasteiger partial charge in [0.1, 0.15) is 5.60 Å². The number of alkyl carbamates (subject to hydrolysis) is 1. The molecule has 0 saturated heterocycles. The lowest BCUT2D eigenvalue weighted by Gasteiger charge is -2.34. The van der Waals surface area contributed by atoms with Gasteiger partial charge in [-0.2, -0.15) is 0 Å². The standard InChI is InChI=1S/C16H34N4O2/c1-9-16(10-2,20-14(21)22-15(5,6)7)11-18-13(17-8)19-12(3)4/h12H,9-11H2,1-8H3,(H,20,21)(H2,17,18,19). The number of aliphatic imine (C=N–C) groups is 1. The molecule has 0 unspecified atom stereocenters. The van der Waals surface area contributed by atoms with Crippen molar-refractivity contribution in [2.24, 2.45) is 4.99 Å². The van der Waals surface area contributed by atoms with Gasteiger partial charge >= 0.3 is 6.09 Å². The summed E-state index contributed by atoms with van der Waals surface area (Å²) in [6.07, 6.45) is 1.22. The summed E-state index contributed by atoms with van der Waals surface area (Å²) in [7, 11) is 1.73. The maximum Gasteiger partial charge on any atom is 0.408 e. The molecule has 6 heteroatoms. The van der Waals surface area contributed by atoms with Crippen molar-refractivity contribution in [3.05, 3.63) is 0 Å². The van der Waals surface area contributed by atoms with Crippen molar-refractivity contribution >= 4 is 12.1 Å². The molecule has 0 saturated carbocycles. The number of nitrogens with zero attached hydrogens (tertiary/aromatic N) is 1. The van der Waals surface area contributed by atoms with Gasteiger partial charge in [0.05, 0.1) is 5.54 Å². The van der Waals surface area contributed by atoms with E-state index in [4.69, 9.17) is 4.74 Å². The number of amides is 1. The molecule has 0 spiro atoms. The van der Waals surface area contributed by atoms with Crippen LogP contribution in [0.15, 0.2) is 4.99 Å². The van der Waals surface area contributed by atoms with E-state index in [0.717, 1.165) is 18.8 Å². The second kappa shape index (κ2) is 8.86. The van der Waals surface area contributed by atoms with Gasteiger partial charge in [0.15, 0.2) is 5.96 Å². The van der Waals surface area contributed by atoms with Crippen LogP contribution in [0.3, 0.4) is 0 Å². The Hall–Kier alpha value is -1.46. The monoisotopic (exact) mass is 314 g/mol. The first-order valence-corrected chi connectivity index (χ1v) is 8.05. The Morgan fingerprint density at radius 1 is 1.18 bits per heavy atom. The van der Waals surface area contributed by atoms with E-state index in [1.165, 1.54) is 0 Å². The van der Waals surface area contributed by atoms with Gasteiger partial charge in [-0.1, -0.05) is 13.8 Å². The van der Waals surface area contributed by atoms with Crippen molar-refractivity contribution in [2.75, 3.05) is 13.6 Å². The van der Waals surface area contributed by atoms with Crippen molar-refractivity contribution in [2.45, 2.75) is 78.5 Å². The number of carbonyl (C=O) groups excluding carboxylic acids is 1. The molecule has 0 bridgehead atoms. The zero-order chi connectivity index (χ0) is 17.4. The average Bonchev–Trinajstić information content (AvgIpc) is 2.39. The molecule has 0 aliphatic heterocycles. The van der Waals surface area contributed by atoms with E-state index in [-0.39, 0.29) is 11.6 Å². The summed E-state index contributed by atoms with van der Waals surface area (Å²) in [5.41, 5.74) is -0.864. The fourth-order valence-corrected chi connectivity index (χ4v) is 1.96. The highest BCUT2D eigenvalue weighted by molar-refractivity contribution is 5.80. The summed E-state index contributed by atoms with van der Waals surface area (Å²) in [5.74, 6) is 0.729. The molecule has 0 rings (SSSR count). The number of guanidine groups is 1. The maximum atomic E-state index is 12.1. The maximum absolute atomic E-state index is 12.1. The number of nitrogens with one attached hydrogen (secondary N) is 3. The highest BCUT2D eigenvalue weighted by Gasteiger charge is 2.30. The quantitative estimate of drug-likeness (QED) is 0.520. The third-order valence-corrected chi connectivity index (χ3v) is 3.36. The topological polar surface area (TPSA) is 74.8 Å². The molecule has 130 valence electrons. The van der Waals surface area contributed by atoms with E-state index in [1.807, 2.05) is 20.8 Å². The molecule has 22 heavy (non-hydrogen) atoms. The van der Waals surface area contributed by atoms with E-state index >= 15 is 0 Å². The Morgan fingerprint density at radius 3 is 2.09 bits per heavy atom. The van der Waals surface area contributed by atoms with Gasteiger partial charge in [0, 0.05) is 19.6 Å². The third-order valence-electron chi connectivity index (χ3n) is 3.36. The SMILES string of the molecule is CCC(CC)(CNC(=NC)NC(C)C)NC(=O)OC(C)(C)C.